The van der Waals surface area contributed by atoms with Crippen molar-refractivity contribution >= 4 is 44.4 Å². The monoisotopic (exact) mass is 397 g/mol. The Kier molecular flexibility index (Phi) is 3.97. The van der Waals surface area contributed by atoms with Crippen LogP contribution in [0.2, 0.25) is 0 Å². The lowest BCUT2D eigenvalue weighted by Gasteiger charge is -2.16. The molecule has 8 heteroatoms. The van der Waals surface area contributed by atoms with E-state index in [1.165, 1.54) is 11.3 Å². The van der Waals surface area contributed by atoms with Gasteiger partial charge in [0, 0.05) is 0 Å². The highest BCUT2D eigenvalue weighted by atomic mass is 32.1. The van der Waals surface area contributed by atoms with E-state index >= 15 is 0 Å². The number of carbonyl (C=O) groups excluding carboxylic acids is 3. The minimum Gasteiger partial charge on any atom is -0.494 e. The van der Waals surface area contributed by atoms with Crippen molar-refractivity contribution in [2.24, 2.45) is 23.7 Å². The molecule has 3 aliphatic rings. The number of hydrogen-bond acceptors (Lipinski definition) is 6. The minimum absolute atomic E-state index is 0.142. The first-order chi connectivity index (χ1) is 13.5. The van der Waals surface area contributed by atoms with Crippen LogP contribution in [-0.4, -0.2) is 40.8 Å². The Balaban J connectivity index is 1.28. The molecule has 1 aromatic carbocycles. The van der Waals surface area contributed by atoms with Gasteiger partial charge in [-0.1, -0.05) is 23.5 Å². The fourth-order valence-corrected chi connectivity index (χ4v) is 5.55. The summed E-state index contributed by atoms with van der Waals surface area (Å²) in [5, 5.41) is 3.16. The van der Waals surface area contributed by atoms with Crippen molar-refractivity contribution in [3.8, 4) is 5.75 Å². The van der Waals surface area contributed by atoms with E-state index < -0.39 is 5.91 Å². The van der Waals surface area contributed by atoms with E-state index in [-0.39, 0.29) is 42.0 Å². The third-order valence-corrected chi connectivity index (χ3v) is 6.71. The maximum absolute atomic E-state index is 12.7. The van der Waals surface area contributed by atoms with E-state index in [2.05, 4.69) is 10.3 Å². The summed E-state index contributed by atoms with van der Waals surface area (Å²) in [6.45, 7) is 2.23. The fourth-order valence-electron chi connectivity index (χ4n) is 4.64. The molecule has 1 aromatic heterocycles. The zero-order valence-corrected chi connectivity index (χ0v) is 16.1. The predicted octanol–water partition coefficient (Wildman–Crippen LogP) is 2.44. The van der Waals surface area contributed by atoms with E-state index in [9.17, 15) is 14.4 Å². The summed E-state index contributed by atoms with van der Waals surface area (Å²) in [5.74, 6) is -0.373. The number of aromatic nitrogens is 1. The van der Waals surface area contributed by atoms with Gasteiger partial charge >= 0.3 is 0 Å². The molecule has 1 saturated carbocycles. The molecule has 2 heterocycles. The number of amides is 3. The molecule has 2 aromatic rings. The SMILES string of the molecule is CCOc1ccc2nc(NC(=O)CN3C(=O)[C@@H]4[C@H](C3=O)[C@H]3C=C[C@H]4C3)sc2c1. The Hall–Kier alpha value is -2.74. The van der Waals surface area contributed by atoms with Gasteiger partial charge in [0.05, 0.1) is 28.7 Å². The molecule has 5 rings (SSSR count). The van der Waals surface area contributed by atoms with Crippen LogP contribution in [0, 0.1) is 23.7 Å². The Morgan fingerprint density at radius 1 is 1.25 bits per heavy atom. The van der Waals surface area contributed by atoms with Crippen molar-refractivity contribution in [2.45, 2.75) is 13.3 Å². The predicted molar refractivity (Wildman–Crippen MR) is 104 cm³/mol. The average Bonchev–Trinajstić information content (AvgIpc) is 3.41. The van der Waals surface area contributed by atoms with Crippen molar-refractivity contribution in [1.29, 1.82) is 0 Å². The summed E-state index contributed by atoms with van der Waals surface area (Å²) < 4.78 is 6.38. The van der Waals surface area contributed by atoms with Gasteiger partial charge in [0.2, 0.25) is 17.7 Å². The van der Waals surface area contributed by atoms with Crippen molar-refractivity contribution in [3.05, 3.63) is 30.4 Å². The third kappa shape index (κ3) is 2.63. The molecule has 1 N–H and O–H groups in total. The zero-order chi connectivity index (χ0) is 19.4. The van der Waals surface area contributed by atoms with Gasteiger partial charge in [0.25, 0.3) is 0 Å². The minimum atomic E-state index is -0.411. The van der Waals surface area contributed by atoms with Crippen molar-refractivity contribution < 1.29 is 19.1 Å². The molecule has 2 fully saturated rings. The summed E-state index contributed by atoms with van der Waals surface area (Å²) in [5.41, 5.74) is 0.759. The van der Waals surface area contributed by atoms with Gasteiger partial charge in [-0.05, 0) is 43.4 Å². The lowest BCUT2D eigenvalue weighted by atomic mass is 9.85. The number of benzene rings is 1. The molecule has 2 aliphatic carbocycles. The number of rotatable bonds is 5. The fraction of sp³-hybridized carbons (Fsp3) is 0.400. The quantitative estimate of drug-likeness (QED) is 0.618. The highest BCUT2D eigenvalue weighted by Crippen LogP contribution is 2.52. The summed E-state index contributed by atoms with van der Waals surface area (Å²) in [4.78, 5) is 43.3. The Morgan fingerprint density at radius 3 is 2.64 bits per heavy atom. The van der Waals surface area contributed by atoms with Gasteiger partial charge in [-0.2, -0.15) is 0 Å². The van der Waals surface area contributed by atoms with Crippen LogP contribution in [-0.2, 0) is 14.4 Å². The standard InChI is InChI=1S/C20H19N3O4S/c1-2-27-12-5-6-13-14(8-12)28-20(21-13)22-15(24)9-23-18(25)16-10-3-4-11(7-10)17(16)19(23)26/h3-6,8,10-11,16-17H,2,7,9H2,1H3,(H,21,22,24)/t10-,11-,16-,17+/m0/s1. The van der Waals surface area contributed by atoms with Crippen LogP contribution in [0.4, 0.5) is 5.13 Å². The molecule has 0 spiro atoms. The number of hydrogen-bond donors (Lipinski definition) is 1. The Bertz CT molecular complexity index is 1000. The molecule has 1 saturated heterocycles. The smallest absolute Gasteiger partial charge is 0.246 e. The van der Waals surface area contributed by atoms with Crippen molar-refractivity contribution in [1.82, 2.24) is 9.88 Å². The topological polar surface area (TPSA) is 88.6 Å². The van der Waals surface area contributed by atoms with E-state index in [1.54, 1.807) is 0 Å². The number of imide groups is 1. The highest BCUT2D eigenvalue weighted by Gasteiger charge is 2.59. The summed E-state index contributed by atoms with van der Waals surface area (Å²) in [6.07, 6.45) is 4.96. The van der Waals surface area contributed by atoms with Crippen LogP contribution < -0.4 is 10.1 Å². The molecule has 1 aliphatic heterocycles. The van der Waals surface area contributed by atoms with Gasteiger partial charge in [0.1, 0.15) is 12.3 Å². The van der Waals surface area contributed by atoms with E-state index in [0.29, 0.717) is 11.7 Å². The number of anilines is 1. The second-order valence-electron chi connectivity index (χ2n) is 7.39. The largest absolute Gasteiger partial charge is 0.494 e. The lowest BCUT2D eigenvalue weighted by molar-refractivity contribution is -0.143. The van der Waals surface area contributed by atoms with Crippen LogP contribution in [0.25, 0.3) is 10.2 Å². The number of thiazole rings is 1. The molecule has 7 nitrogen and oxygen atoms in total. The highest BCUT2D eigenvalue weighted by molar-refractivity contribution is 7.22. The lowest BCUT2D eigenvalue weighted by Crippen LogP contribution is -2.39. The summed E-state index contributed by atoms with van der Waals surface area (Å²) in [6, 6.07) is 5.55. The average molecular weight is 397 g/mol. The number of carbonyl (C=O) groups is 3. The first-order valence-corrected chi connectivity index (χ1v) is 10.2. The third-order valence-electron chi connectivity index (χ3n) is 5.78. The van der Waals surface area contributed by atoms with Crippen LogP contribution >= 0.6 is 11.3 Å². The van der Waals surface area contributed by atoms with Crippen LogP contribution in [0.3, 0.4) is 0 Å². The molecule has 0 unspecified atom stereocenters. The van der Waals surface area contributed by atoms with Gasteiger partial charge in [-0.25, -0.2) is 4.98 Å². The van der Waals surface area contributed by atoms with Crippen molar-refractivity contribution in [2.75, 3.05) is 18.5 Å². The molecular formula is C20H19N3O4S. The second-order valence-corrected chi connectivity index (χ2v) is 8.42. The zero-order valence-electron chi connectivity index (χ0n) is 15.3. The number of likely N-dealkylation sites (tertiary alicyclic amines) is 1. The molecule has 28 heavy (non-hydrogen) atoms. The first kappa shape index (κ1) is 17.4. The summed E-state index contributed by atoms with van der Waals surface area (Å²) in [7, 11) is 0. The van der Waals surface area contributed by atoms with Gasteiger partial charge in [-0.15, -0.1) is 0 Å². The number of nitrogens with zero attached hydrogens (tertiary/aromatic N) is 2. The number of ether oxygens (including phenoxy) is 1. The summed E-state index contributed by atoms with van der Waals surface area (Å²) >= 11 is 1.33. The van der Waals surface area contributed by atoms with Gasteiger partial charge < -0.3 is 10.1 Å². The maximum atomic E-state index is 12.7. The van der Waals surface area contributed by atoms with Crippen LogP contribution in [0.15, 0.2) is 30.4 Å². The van der Waals surface area contributed by atoms with Crippen molar-refractivity contribution in [3.63, 3.8) is 0 Å². The molecule has 4 atom stereocenters. The van der Waals surface area contributed by atoms with E-state index in [0.717, 1.165) is 27.3 Å². The van der Waals surface area contributed by atoms with Gasteiger partial charge in [-0.3, -0.25) is 19.3 Å². The first-order valence-electron chi connectivity index (χ1n) is 9.42. The number of fused-ring (bicyclic) bond motifs is 6. The molecule has 3 amide bonds. The second kappa shape index (κ2) is 6.41. The Morgan fingerprint density at radius 2 is 1.96 bits per heavy atom. The normalized spacial score (nSPS) is 27.7. The number of nitrogens with one attached hydrogen (secondary N) is 1. The molecule has 0 radical (unpaired) electrons. The number of allylic oxidation sites excluding steroid dienone is 2. The molecule has 144 valence electrons. The van der Waals surface area contributed by atoms with Crippen LogP contribution in [0.1, 0.15) is 13.3 Å². The molecule has 2 bridgehead atoms. The van der Waals surface area contributed by atoms with E-state index in [1.807, 2.05) is 37.3 Å². The molecular weight excluding hydrogens is 378 g/mol. The van der Waals surface area contributed by atoms with Gasteiger partial charge in [0.15, 0.2) is 5.13 Å². The maximum Gasteiger partial charge on any atom is 0.246 e. The Labute approximate surface area is 165 Å². The van der Waals surface area contributed by atoms with E-state index in [4.69, 9.17) is 4.74 Å². The van der Waals surface area contributed by atoms with Crippen LogP contribution in [0.5, 0.6) is 5.75 Å².